The first kappa shape index (κ1) is 13.8. The number of anilines is 1. The van der Waals surface area contributed by atoms with E-state index in [1.807, 2.05) is 4.90 Å². The second-order valence-corrected chi connectivity index (χ2v) is 4.77. The average Bonchev–Trinajstić information content (AvgIpc) is 2.41. The third kappa shape index (κ3) is 2.86. The molecule has 1 aliphatic heterocycles. The van der Waals surface area contributed by atoms with E-state index in [2.05, 4.69) is 6.07 Å². The van der Waals surface area contributed by atoms with Gasteiger partial charge in [-0.3, -0.25) is 0 Å². The van der Waals surface area contributed by atoms with Crippen LogP contribution in [0.1, 0.15) is 24.2 Å². The molecule has 0 amide bonds. The number of morpholine rings is 1. The summed E-state index contributed by atoms with van der Waals surface area (Å²) in [6.45, 7) is 4.81. The predicted octanol–water partition coefficient (Wildman–Crippen LogP) is 1.92. The van der Waals surface area contributed by atoms with Gasteiger partial charge in [-0.2, -0.15) is 5.26 Å². The van der Waals surface area contributed by atoms with Crippen molar-refractivity contribution >= 4 is 5.69 Å². The van der Waals surface area contributed by atoms with Gasteiger partial charge in [0.2, 0.25) is 0 Å². The minimum Gasteiger partial charge on any atom is -0.389 e. The molecule has 0 saturated carbocycles. The largest absolute Gasteiger partial charge is 0.389 e. The monoisotopic (exact) mass is 264 g/mol. The number of aryl methyl sites for hydroxylation is 1. The molecule has 1 aliphatic rings. The molecule has 2 atom stereocenters. The van der Waals surface area contributed by atoms with Gasteiger partial charge in [-0.25, -0.2) is 4.39 Å². The van der Waals surface area contributed by atoms with Crippen molar-refractivity contribution in [3.8, 4) is 6.07 Å². The Bertz CT molecular complexity index is 511. The van der Waals surface area contributed by atoms with Gasteiger partial charge in [-0.05, 0) is 31.5 Å². The molecule has 1 fully saturated rings. The number of nitrogens with zero attached hydrogens (tertiary/aromatic N) is 2. The Hall–Kier alpha value is -1.64. The number of benzene rings is 1. The van der Waals surface area contributed by atoms with Crippen molar-refractivity contribution in [1.82, 2.24) is 0 Å². The molecule has 1 aromatic rings. The predicted molar refractivity (Wildman–Crippen MR) is 69.3 cm³/mol. The van der Waals surface area contributed by atoms with Gasteiger partial charge in [-0.15, -0.1) is 0 Å². The summed E-state index contributed by atoms with van der Waals surface area (Å²) in [4.78, 5) is 1.96. The average molecular weight is 264 g/mol. The van der Waals surface area contributed by atoms with Gasteiger partial charge in [0, 0.05) is 17.8 Å². The van der Waals surface area contributed by atoms with E-state index in [0.29, 0.717) is 30.8 Å². The summed E-state index contributed by atoms with van der Waals surface area (Å²) < 4.78 is 18.9. The van der Waals surface area contributed by atoms with Crippen LogP contribution in [0.15, 0.2) is 12.1 Å². The number of aliphatic hydroxyl groups is 1. The summed E-state index contributed by atoms with van der Waals surface area (Å²) in [5, 5.41) is 18.7. The molecule has 0 radical (unpaired) electrons. The smallest absolute Gasteiger partial charge is 0.161 e. The highest BCUT2D eigenvalue weighted by Crippen LogP contribution is 2.30. The van der Waals surface area contributed by atoms with Gasteiger partial charge >= 0.3 is 0 Å². The van der Waals surface area contributed by atoms with Crippen LogP contribution in [-0.2, 0) is 4.74 Å². The number of rotatable bonds is 2. The highest BCUT2D eigenvalue weighted by Gasteiger charge is 2.24. The standard InChI is InChI=1S/C14H17FN2O2/c1-9-5-14(12(10(2)18)6-13(9)15)17-3-4-19-11(7-16)8-17/h5-6,10-11,18H,3-4,8H2,1-2H3. The maximum atomic E-state index is 13.6. The molecular weight excluding hydrogens is 247 g/mol. The molecule has 1 N–H and O–H groups in total. The van der Waals surface area contributed by atoms with Gasteiger partial charge in [0.05, 0.1) is 25.3 Å². The van der Waals surface area contributed by atoms with Crippen LogP contribution in [0, 0.1) is 24.1 Å². The van der Waals surface area contributed by atoms with E-state index in [0.717, 1.165) is 5.69 Å². The Morgan fingerprint density at radius 1 is 1.58 bits per heavy atom. The van der Waals surface area contributed by atoms with E-state index < -0.39 is 12.2 Å². The molecule has 2 unspecified atom stereocenters. The molecule has 4 nitrogen and oxygen atoms in total. The summed E-state index contributed by atoms with van der Waals surface area (Å²) in [5.41, 5.74) is 1.85. The zero-order valence-corrected chi connectivity index (χ0v) is 11.1. The summed E-state index contributed by atoms with van der Waals surface area (Å²) >= 11 is 0. The van der Waals surface area contributed by atoms with Crippen molar-refractivity contribution < 1.29 is 14.2 Å². The lowest BCUT2D eigenvalue weighted by atomic mass is 10.0. The lowest BCUT2D eigenvalue weighted by Crippen LogP contribution is -2.42. The Kier molecular flexibility index (Phi) is 4.03. The van der Waals surface area contributed by atoms with E-state index >= 15 is 0 Å². The van der Waals surface area contributed by atoms with Crippen molar-refractivity contribution in [2.45, 2.75) is 26.1 Å². The number of hydrogen-bond acceptors (Lipinski definition) is 4. The number of nitriles is 1. The maximum Gasteiger partial charge on any atom is 0.161 e. The Balaban J connectivity index is 2.38. The molecule has 0 spiro atoms. The minimum absolute atomic E-state index is 0.329. The van der Waals surface area contributed by atoms with Gasteiger partial charge in [0.15, 0.2) is 6.10 Å². The normalized spacial score (nSPS) is 21.0. The molecule has 0 bridgehead atoms. The summed E-state index contributed by atoms with van der Waals surface area (Å²) in [6, 6.07) is 5.16. The molecule has 1 aromatic carbocycles. The van der Waals surface area contributed by atoms with E-state index in [9.17, 15) is 9.50 Å². The van der Waals surface area contributed by atoms with Crippen molar-refractivity contribution in [3.05, 3.63) is 29.1 Å². The number of aliphatic hydroxyl groups excluding tert-OH is 1. The van der Waals surface area contributed by atoms with Crippen molar-refractivity contribution in [2.75, 3.05) is 24.6 Å². The van der Waals surface area contributed by atoms with E-state index in [-0.39, 0.29) is 5.82 Å². The Labute approximate surface area is 112 Å². The van der Waals surface area contributed by atoms with Crippen LogP contribution in [-0.4, -0.2) is 30.9 Å². The fourth-order valence-electron chi connectivity index (χ4n) is 2.24. The van der Waals surface area contributed by atoms with Crippen LogP contribution in [0.25, 0.3) is 0 Å². The summed E-state index contributed by atoms with van der Waals surface area (Å²) in [5.74, 6) is -0.329. The maximum absolute atomic E-state index is 13.6. The molecule has 102 valence electrons. The first-order chi connectivity index (χ1) is 9.02. The van der Waals surface area contributed by atoms with Crippen LogP contribution in [0.5, 0.6) is 0 Å². The second-order valence-electron chi connectivity index (χ2n) is 4.77. The second kappa shape index (κ2) is 5.55. The quantitative estimate of drug-likeness (QED) is 0.886. The third-order valence-electron chi connectivity index (χ3n) is 3.31. The van der Waals surface area contributed by atoms with Crippen LogP contribution in [0.3, 0.4) is 0 Å². The molecule has 0 aliphatic carbocycles. The number of halogens is 1. The fraction of sp³-hybridized carbons (Fsp3) is 0.500. The SMILES string of the molecule is Cc1cc(N2CCOC(C#N)C2)c(C(C)O)cc1F. The Morgan fingerprint density at radius 3 is 2.95 bits per heavy atom. The van der Waals surface area contributed by atoms with Gasteiger partial charge < -0.3 is 14.7 Å². The van der Waals surface area contributed by atoms with E-state index in [1.165, 1.54) is 6.07 Å². The lowest BCUT2D eigenvalue weighted by molar-refractivity contribution is 0.0761. The molecule has 19 heavy (non-hydrogen) atoms. The van der Waals surface area contributed by atoms with Crippen LogP contribution in [0.4, 0.5) is 10.1 Å². The zero-order valence-electron chi connectivity index (χ0n) is 11.1. The van der Waals surface area contributed by atoms with E-state index in [1.54, 1.807) is 19.9 Å². The Morgan fingerprint density at radius 2 is 2.32 bits per heavy atom. The summed E-state index contributed by atoms with van der Waals surface area (Å²) in [7, 11) is 0. The van der Waals surface area contributed by atoms with E-state index in [4.69, 9.17) is 10.00 Å². The molecule has 2 rings (SSSR count). The topological polar surface area (TPSA) is 56.5 Å². The number of ether oxygens (including phenoxy) is 1. The van der Waals surface area contributed by atoms with Gasteiger partial charge in [0.25, 0.3) is 0 Å². The van der Waals surface area contributed by atoms with Gasteiger partial charge in [0.1, 0.15) is 5.82 Å². The number of hydrogen-bond donors (Lipinski definition) is 1. The first-order valence-electron chi connectivity index (χ1n) is 6.27. The zero-order chi connectivity index (χ0) is 14.0. The van der Waals surface area contributed by atoms with Crippen LogP contribution >= 0.6 is 0 Å². The van der Waals surface area contributed by atoms with Crippen LogP contribution < -0.4 is 4.90 Å². The van der Waals surface area contributed by atoms with Gasteiger partial charge in [-0.1, -0.05) is 0 Å². The van der Waals surface area contributed by atoms with Crippen LogP contribution in [0.2, 0.25) is 0 Å². The molecule has 5 heteroatoms. The highest BCUT2D eigenvalue weighted by molar-refractivity contribution is 5.57. The van der Waals surface area contributed by atoms with Crippen molar-refractivity contribution in [1.29, 1.82) is 5.26 Å². The first-order valence-corrected chi connectivity index (χ1v) is 6.27. The lowest BCUT2D eigenvalue weighted by Gasteiger charge is -2.33. The van der Waals surface area contributed by atoms with Crippen molar-refractivity contribution in [3.63, 3.8) is 0 Å². The third-order valence-corrected chi connectivity index (χ3v) is 3.31. The highest BCUT2D eigenvalue weighted by atomic mass is 19.1. The molecule has 1 heterocycles. The molecular formula is C14H17FN2O2. The summed E-state index contributed by atoms with van der Waals surface area (Å²) in [6.07, 6.45) is -1.24. The minimum atomic E-state index is -0.756. The fourth-order valence-corrected chi connectivity index (χ4v) is 2.24. The van der Waals surface area contributed by atoms with Crippen molar-refractivity contribution in [2.24, 2.45) is 0 Å². The molecule has 0 aromatic heterocycles. The molecule has 1 saturated heterocycles.